The predicted octanol–water partition coefficient (Wildman–Crippen LogP) is 2.87. The van der Waals surface area contributed by atoms with Crippen molar-refractivity contribution in [2.24, 2.45) is 5.92 Å². The molecule has 23 heavy (non-hydrogen) atoms. The Labute approximate surface area is 137 Å². The number of carbonyl (C=O) groups excluding carboxylic acids is 1. The number of hydrogen-bond donors (Lipinski definition) is 1. The van der Waals surface area contributed by atoms with Gasteiger partial charge in [0.25, 0.3) is 0 Å². The summed E-state index contributed by atoms with van der Waals surface area (Å²) in [6.45, 7) is 4.98. The molecule has 2 atom stereocenters. The first-order chi connectivity index (χ1) is 11.0. The number of ether oxygens (including phenoxy) is 1. The van der Waals surface area contributed by atoms with Gasteiger partial charge in [-0.2, -0.15) is 0 Å². The molecule has 1 heterocycles. The maximum atomic E-state index is 12.3. The number of piperidine rings is 1. The number of nitrogens with zero attached hydrogens (tertiary/aromatic N) is 1. The lowest BCUT2D eigenvalue weighted by atomic mass is 9.90. The maximum absolute atomic E-state index is 12.3. The quantitative estimate of drug-likeness (QED) is 0.819. The molecule has 1 saturated heterocycles. The highest BCUT2D eigenvalue weighted by molar-refractivity contribution is 5.78. The van der Waals surface area contributed by atoms with Crippen LogP contribution in [0.5, 0.6) is 5.75 Å². The second-order valence-corrected chi connectivity index (χ2v) is 6.18. The van der Waals surface area contributed by atoms with Gasteiger partial charge in [-0.05, 0) is 50.8 Å². The number of aryl methyl sites for hydroxylation is 1. The van der Waals surface area contributed by atoms with Crippen molar-refractivity contribution < 1.29 is 19.4 Å². The van der Waals surface area contributed by atoms with Gasteiger partial charge in [0.15, 0.2) is 0 Å². The van der Waals surface area contributed by atoms with Crippen LogP contribution in [0.25, 0.3) is 0 Å². The second kappa shape index (κ2) is 7.99. The summed E-state index contributed by atoms with van der Waals surface area (Å²) >= 11 is 0. The number of likely N-dealkylation sites (tertiary alicyclic amines) is 1. The lowest BCUT2D eigenvalue weighted by Crippen LogP contribution is -2.49. The van der Waals surface area contributed by atoms with Crippen LogP contribution < -0.4 is 4.74 Å². The molecule has 126 valence electrons. The van der Waals surface area contributed by atoms with E-state index in [0.717, 1.165) is 17.7 Å². The molecule has 1 aromatic rings. The van der Waals surface area contributed by atoms with Crippen molar-refractivity contribution in [3.63, 3.8) is 0 Å². The molecule has 2 rings (SSSR count). The molecule has 0 spiro atoms. The van der Waals surface area contributed by atoms with E-state index < -0.39 is 11.9 Å². The Morgan fingerprint density at radius 2 is 2.17 bits per heavy atom. The second-order valence-electron chi connectivity index (χ2n) is 6.18. The van der Waals surface area contributed by atoms with Gasteiger partial charge in [0.1, 0.15) is 5.75 Å². The third-order valence-corrected chi connectivity index (χ3v) is 4.42. The SMILES string of the molecule is Cc1cccc(OCCCC(=O)N2CCC[C@@H](C(=O)O)[C@H]2C)c1. The van der Waals surface area contributed by atoms with Crippen molar-refractivity contribution >= 4 is 11.9 Å². The third kappa shape index (κ3) is 4.71. The fourth-order valence-corrected chi connectivity index (χ4v) is 3.09. The molecule has 0 unspecified atom stereocenters. The van der Waals surface area contributed by atoms with Crippen LogP contribution in [0.15, 0.2) is 24.3 Å². The largest absolute Gasteiger partial charge is 0.494 e. The number of benzene rings is 1. The van der Waals surface area contributed by atoms with Gasteiger partial charge in [0.05, 0.1) is 12.5 Å². The Balaban J connectivity index is 1.77. The number of carboxylic acids is 1. The molecule has 0 bridgehead atoms. The van der Waals surface area contributed by atoms with Crippen molar-refractivity contribution in [1.82, 2.24) is 4.90 Å². The first-order valence-electron chi connectivity index (χ1n) is 8.21. The van der Waals surface area contributed by atoms with E-state index in [4.69, 9.17) is 4.74 Å². The number of amides is 1. The van der Waals surface area contributed by atoms with Crippen molar-refractivity contribution in [2.45, 2.75) is 45.6 Å². The highest BCUT2D eigenvalue weighted by Gasteiger charge is 2.34. The average molecular weight is 319 g/mol. The summed E-state index contributed by atoms with van der Waals surface area (Å²) in [5.74, 6) is -0.417. The molecule has 0 radical (unpaired) electrons. The number of rotatable bonds is 6. The topological polar surface area (TPSA) is 66.8 Å². The Hall–Kier alpha value is -2.04. The van der Waals surface area contributed by atoms with Gasteiger partial charge in [-0.1, -0.05) is 12.1 Å². The van der Waals surface area contributed by atoms with Crippen LogP contribution >= 0.6 is 0 Å². The lowest BCUT2D eigenvalue weighted by Gasteiger charge is -2.37. The van der Waals surface area contributed by atoms with Gasteiger partial charge in [-0.15, -0.1) is 0 Å². The van der Waals surface area contributed by atoms with Crippen molar-refractivity contribution in [1.29, 1.82) is 0 Å². The van der Waals surface area contributed by atoms with Gasteiger partial charge >= 0.3 is 5.97 Å². The van der Waals surface area contributed by atoms with Crippen LogP contribution in [0.4, 0.5) is 0 Å². The summed E-state index contributed by atoms with van der Waals surface area (Å²) in [5, 5.41) is 9.21. The van der Waals surface area contributed by atoms with Crippen molar-refractivity contribution in [2.75, 3.05) is 13.2 Å². The van der Waals surface area contributed by atoms with Crippen LogP contribution in [0, 0.1) is 12.8 Å². The lowest BCUT2D eigenvalue weighted by molar-refractivity contribution is -0.149. The molecule has 0 aromatic heterocycles. The Morgan fingerprint density at radius 1 is 1.39 bits per heavy atom. The number of hydrogen-bond acceptors (Lipinski definition) is 3. The van der Waals surface area contributed by atoms with Crippen molar-refractivity contribution in [3.8, 4) is 5.75 Å². The molecule has 0 aliphatic carbocycles. The standard InChI is InChI=1S/C18H25NO4/c1-13-6-3-7-15(12-13)23-11-5-9-17(20)19-10-4-8-16(14(19)2)18(21)22/h3,6-7,12,14,16H,4-5,8-11H2,1-2H3,(H,21,22)/t14-,16-/m1/s1. The summed E-state index contributed by atoms with van der Waals surface area (Å²) in [6, 6.07) is 7.58. The molecule has 1 amide bonds. The summed E-state index contributed by atoms with van der Waals surface area (Å²) in [6.07, 6.45) is 2.43. The summed E-state index contributed by atoms with van der Waals surface area (Å²) in [4.78, 5) is 25.3. The minimum absolute atomic E-state index is 0.0243. The molecule has 0 saturated carbocycles. The Morgan fingerprint density at radius 3 is 2.87 bits per heavy atom. The molecular weight excluding hydrogens is 294 g/mol. The van der Waals surface area contributed by atoms with Crippen LogP contribution in [0.3, 0.4) is 0 Å². The smallest absolute Gasteiger partial charge is 0.308 e. The molecule has 5 nitrogen and oxygen atoms in total. The first kappa shape index (κ1) is 17.3. The van der Waals surface area contributed by atoms with Gasteiger partial charge < -0.3 is 14.7 Å². The van der Waals surface area contributed by atoms with Crippen LogP contribution in [-0.2, 0) is 9.59 Å². The van der Waals surface area contributed by atoms with Crippen LogP contribution in [0.1, 0.15) is 38.2 Å². The van der Waals surface area contributed by atoms with Crippen LogP contribution in [-0.4, -0.2) is 41.1 Å². The van der Waals surface area contributed by atoms with E-state index in [0.29, 0.717) is 32.4 Å². The predicted molar refractivity (Wildman–Crippen MR) is 87.4 cm³/mol. The summed E-state index contributed by atoms with van der Waals surface area (Å²) in [5.41, 5.74) is 1.14. The zero-order valence-corrected chi connectivity index (χ0v) is 13.8. The van der Waals surface area contributed by atoms with Gasteiger partial charge in [0.2, 0.25) is 5.91 Å². The molecule has 5 heteroatoms. The van der Waals surface area contributed by atoms with Crippen molar-refractivity contribution in [3.05, 3.63) is 29.8 Å². The van der Waals surface area contributed by atoms with Crippen LogP contribution in [0.2, 0.25) is 0 Å². The van der Waals surface area contributed by atoms with Gasteiger partial charge in [0, 0.05) is 19.0 Å². The molecule has 1 aliphatic rings. The van der Waals surface area contributed by atoms with E-state index in [1.54, 1.807) is 4.90 Å². The van der Waals surface area contributed by atoms with E-state index in [1.807, 2.05) is 38.1 Å². The fraction of sp³-hybridized carbons (Fsp3) is 0.556. The van der Waals surface area contributed by atoms with Gasteiger partial charge in [-0.3, -0.25) is 9.59 Å². The third-order valence-electron chi connectivity index (χ3n) is 4.42. The molecule has 1 fully saturated rings. The highest BCUT2D eigenvalue weighted by atomic mass is 16.5. The Bertz CT molecular complexity index is 558. The monoisotopic (exact) mass is 319 g/mol. The summed E-state index contributed by atoms with van der Waals surface area (Å²) < 4.78 is 5.65. The average Bonchev–Trinajstić information content (AvgIpc) is 2.51. The zero-order chi connectivity index (χ0) is 16.8. The van der Waals surface area contributed by atoms with E-state index in [-0.39, 0.29) is 11.9 Å². The van der Waals surface area contributed by atoms with E-state index in [2.05, 4.69) is 0 Å². The Kier molecular flexibility index (Phi) is 6.02. The minimum atomic E-state index is -0.808. The van der Waals surface area contributed by atoms with E-state index in [9.17, 15) is 14.7 Å². The number of carboxylic acid groups (broad SMARTS) is 1. The number of carbonyl (C=O) groups is 2. The molecule has 1 N–H and O–H groups in total. The maximum Gasteiger partial charge on any atom is 0.308 e. The molecular formula is C18H25NO4. The summed E-state index contributed by atoms with van der Waals surface area (Å²) in [7, 11) is 0. The molecule has 1 aromatic carbocycles. The fourth-order valence-electron chi connectivity index (χ4n) is 3.09. The highest BCUT2D eigenvalue weighted by Crippen LogP contribution is 2.24. The minimum Gasteiger partial charge on any atom is -0.494 e. The van der Waals surface area contributed by atoms with Gasteiger partial charge in [-0.25, -0.2) is 0 Å². The van der Waals surface area contributed by atoms with E-state index >= 15 is 0 Å². The number of aliphatic carboxylic acids is 1. The molecule has 1 aliphatic heterocycles. The normalized spacial score (nSPS) is 21.0. The first-order valence-corrected chi connectivity index (χ1v) is 8.21. The van der Waals surface area contributed by atoms with E-state index in [1.165, 1.54) is 0 Å². The zero-order valence-electron chi connectivity index (χ0n) is 13.8.